The molecule has 0 bridgehead atoms. The van der Waals surface area contributed by atoms with Crippen LogP contribution in [0.25, 0.3) is 0 Å². The van der Waals surface area contributed by atoms with Gasteiger partial charge in [-0.05, 0) is 38.0 Å². The summed E-state index contributed by atoms with van der Waals surface area (Å²) in [6.45, 7) is 2.45. The van der Waals surface area contributed by atoms with Crippen LogP contribution >= 0.6 is 15.9 Å². The third kappa shape index (κ3) is 3.70. The Bertz CT molecular complexity index is 498. The van der Waals surface area contributed by atoms with Crippen molar-refractivity contribution in [2.24, 2.45) is 5.73 Å². The normalized spacial score (nSPS) is 22.7. The van der Waals surface area contributed by atoms with Gasteiger partial charge in [-0.25, -0.2) is 4.39 Å². The second kappa shape index (κ2) is 6.54. The zero-order valence-corrected chi connectivity index (χ0v) is 12.9. The lowest BCUT2D eigenvalue weighted by Gasteiger charge is -2.36. The van der Waals surface area contributed by atoms with Gasteiger partial charge in [0.05, 0.1) is 0 Å². The maximum atomic E-state index is 13.6. The Morgan fingerprint density at radius 1 is 1.60 bits per heavy atom. The number of hydrogen-bond donors (Lipinski definition) is 1. The molecule has 1 aromatic rings. The van der Waals surface area contributed by atoms with Gasteiger partial charge < -0.3 is 15.4 Å². The smallest absolute Gasteiger partial charge is 0.260 e. The van der Waals surface area contributed by atoms with E-state index in [0.29, 0.717) is 11.0 Å². The maximum absolute atomic E-state index is 13.6. The highest BCUT2D eigenvalue weighted by atomic mass is 79.9. The number of likely N-dealkylation sites (tertiary alicyclic amines) is 1. The molecule has 1 aromatic carbocycles. The largest absolute Gasteiger partial charge is 0.481 e. The molecule has 0 radical (unpaired) electrons. The molecule has 0 spiro atoms. The first-order valence-corrected chi connectivity index (χ1v) is 7.39. The van der Waals surface area contributed by atoms with E-state index in [2.05, 4.69) is 15.9 Å². The molecule has 2 rings (SSSR count). The lowest BCUT2D eigenvalue weighted by molar-refractivity contribution is -0.136. The second-order valence-corrected chi connectivity index (χ2v) is 6.00. The fourth-order valence-corrected chi connectivity index (χ4v) is 2.73. The minimum atomic E-state index is -0.485. The molecule has 0 aromatic heterocycles. The molecular formula is C14H18BrFN2O2. The minimum Gasteiger partial charge on any atom is -0.481 e. The number of nitrogens with zero attached hydrogens (tertiary/aromatic N) is 1. The van der Waals surface area contributed by atoms with Crippen molar-refractivity contribution in [2.45, 2.75) is 31.8 Å². The molecule has 4 nitrogen and oxygen atoms in total. The molecule has 0 aliphatic carbocycles. The first-order chi connectivity index (χ1) is 9.47. The standard InChI is InChI=1S/C14H18BrFN2O2/c1-9-6-11(17)4-5-18(9)14(19)8-20-13-3-2-10(15)7-12(13)16/h2-3,7,9,11H,4-6,8,17H2,1H3/t9-,11-/m1/s1. The first kappa shape index (κ1) is 15.3. The average molecular weight is 345 g/mol. The van der Waals surface area contributed by atoms with Gasteiger partial charge in [0.1, 0.15) is 0 Å². The molecule has 110 valence electrons. The lowest BCUT2D eigenvalue weighted by Crippen LogP contribution is -2.49. The quantitative estimate of drug-likeness (QED) is 0.915. The number of amides is 1. The number of halogens is 2. The number of ether oxygens (including phenoxy) is 1. The second-order valence-electron chi connectivity index (χ2n) is 5.08. The Balaban J connectivity index is 1.92. The summed E-state index contributed by atoms with van der Waals surface area (Å²) in [6, 6.07) is 4.74. The van der Waals surface area contributed by atoms with Crippen LogP contribution in [0.2, 0.25) is 0 Å². The van der Waals surface area contributed by atoms with Crippen LogP contribution in [-0.4, -0.2) is 36.0 Å². The van der Waals surface area contributed by atoms with Crippen LogP contribution in [0.5, 0.6) is 5.75 Å². The summed E-state index contributed by atoms with van der Waals surface area (Å²) in [4.78, 5) is 13.8. The third-order valence-corrected chi connectivity index (χ3v) is 3.98. The van der Waals surface area contributed by atoms with E-state index in [0.717, 1.165) is 12.8 Å². The van der Waals surface area contributed by atoms with Crippen molar-refractivity contribution in [3.8, 4) is 5.75 Å². The van der Waals surface area contributed by atoms with Gasteiger partial charge in [0.15, 0.2) is 18.2 Å². The predicted octanol–water partition coefficient (Wildman–Crippen LogP) is 2.31. The van der Waals surface area contributed by atoms with Crippen LogP contribution in [0.3, 0.4) is 0 Å². The van der Waals surface area contributed by atoms with E-state index in [4.69, 9.17) is 10.5 Å². The van der Waals surface area contributed by atoms with Gasteiger partial charge in [-0.1, -0.05) is 15.9 Å². The number of piperidine rings is 1. The van der Waals surface area contributed by atoms with E-state index >= 15 is 0 Å². The number of hydrogen-bond acceptors (Lipinski definition) is 3. The van der Waals surface area contributed by atoms with Crippen LogP contribution < -0.4 is 10.5 Å². The van der Waals surface area contributed by atoms with Crippen molar-refractivity contribution in [1.29, 1.82) is 0 Å². The fraction of sp³-hybridized carbons (Fsp3) is 0.500. The van der Waals surface area contributed by atoms with Crippen LogP contribution in [0, 0.1) is 5.82 Å². The maximum Gasteiger partial charge on any atom is 0.260 e. The zero-order valence-electron chi connectivity index (χ0n) is 11.3. The van der Waals surface area contributed by atoms with E-state index in [9.17, 15) is 9.18 Å². The Kier molecular flexibility index (Phi) is 4.99. The van der Waals surface area contributed by atoms with Crippen LogP contribution in [0.4, 0.5) is 4.39 Å². The van der Waals surface area contributed by atoms with Crippen molar-refractivity contribution in [1.82, 2.24) is 4.90 Å². The first-order valence-electron chi connectivity index (χ1n) is 6.60. The van der Waals surface area contributed by atoms with E-state index in [-0.39, 0.29) is 30.3 Å². The van der Waals surface area contributed by atoms with Crippen LogP contribution in [-0.2, 0) is 4.79 Å². The molecule has 0 saturated carbocycles. The van der Waals surface area contributed by atoms with E-state index in [1.165, 1.54) is 12.1 Å². The molecule has 1 saturated heterocycles. The highest BCUT2D eigenvalue weighted by molar-refractivity contribution is 9.10. The predicted molar refractivity (Wildman–Crippen MR) is 78.0 cm³/mol. The number of carbonyl (C=O) groups excluding carboxylic acids is 1. The van der Waals surface area contributed by atoms with Gasteiger partial charge in [0.25, 0.3) is 5.91 Å². The Labute approximate surface area is 126 Å². The molecule has 1 amide bonds. The fourth-order valence-electron chi connectivity index (χ4n) is 2.39. The lowest BCUT2D eigenvalue weighted by atomic mass is 9.99. The molecule has 2 N–H and O–H groups in total. The highest BCUT2D eigenvalue weighted by Gasteiger charge is 2.27. The molecule has 0 unspecified atom stereocenters. The van der Waals surface area contributed by atoms with E-state index in [1.807, 2.05) is 6.92 Å². The van der Waals surface area contributed by atoms with Crippen molar-refractivity contribution < 1.29 is 13.9 Å². The molecule has 20 heavy (non-hydrogen) atoms. The summed E-state index contributed by atoms with van der Waals surface area (Å²) in [5.74, 6) is -0.532. The monoisotopic (exact) mass is 344 g/mol. The molecule has 1 aliphatic heterocycles. The molecule has 6 heteroatoms. The molecule has 1 heterocycles. The number of rotatable bonds is 3. The van der Waals surface area contributed by atoms with Gasteiger partial charge in [0.2, 0.25) is 0 Å². The molecule has 2 atom stereocenters. The van der Waals surface area contributed by atoms with Crippen molar-refractivity contribution in [2.75, 3.05) is 13.2 Å². The summed E-state index contributed by atoms with van der Waals surface area (Å²) >= 11 is 3.17. The van der Waals surface area contributed by atoms with Gasteiger partial charge in [-0.15, -0.1) is 0 Å². The summed E-state index contributed by atoms with van der Waals surface area (Å²) in [6.07, 6.45) is 1.58. The van der Waals surface area contributed by atoms with Gasteiger partial charge in [-0.2, -0.15) is 0 Å². The summed E-state index contributed by atoms with van der Waals surface area (Å²) in [7, 11) is 0. The van der Waals surface area contributed by atoms with Gasteiger partial charge in [0, 0.05) is 23.1 Å². The zero-order chi connectivity index (χ0) is 14.7. The van der Waals surface area contributed by atoms with E-state index < -0.39 is 5.82 Å². The number of benzene rings is 1. The minimum absolute atomic E-state index is 0.0860. The van der Waals surface area contributed by atoms with Crippen LogP contribution in [0.15, 0.2) is 22.7 Å². The number of carbonyl (C=O) groups is 1. The van der Waals surface area contributed by atoms with Crippen molar-refractivity contribution in [3.05, 3.63) is 28.5 Å². The average Bonchev–Trinajstić information content (AvgIpc) is 2.37. The molecule has 1 fully saturated rings. The van der Waals surface area contributed by atoms with Gasteiger partial charge >= 0.3 is 0 Å². The van der Waals surface area contributed by atoms with Crippen LogP contribution in [0.1, 0.15) is 19.8 Å². The third-order valence-electron chi connectivity index (χ3n) is 3.48. The Morgan fingerprint density at radius 3 is 3.00 bits per heavy atom. The molecule has 1 aliphatic rings. The summed E-state index contributed by atoms with van der Waals surface area (Å²) in [5.41, 5.74) is 5.86. The Morgan fingerprint density at radius 2 is 2.35 bits per heavy atom. The van der Waals surface area contributed by atoms with Gasteiger partial charge in [-0.3, -0.25) is 4.79 Å². The van der Waals surface area contributed by atoms with E-state index in [1.54, 1.807) is 11.0 Å². The molecular weight excluding hydrogens is 327 g/mol. The SMILES string of the molecule is C[C@@H]1C[C@H](N)CCN1C(=O)COc1ccc(Br)cc1F. The topological polar surface area (TPSA) is 55.6 Å². The van der Waals surface area contributed by atoms with Crippen molar-refractivity contribution >= 4 is 21.8 Å². The highest BCUT2D eigenvalue weighted by Crippen LogP contribution is 2.22. The van der Waals surface area contributed by atoms with Crippen molar-refractivity contribution in [3.63, 3.8) is 0 Å². The number of nitrogens with two attached hydrogens (primary N) is 1. The summed E-state index contributed by atoms with van der Waals surface area (Å²) in [5, 5.41) is 0. The Hall–Kier alpha value is -1.14. The summed E-state index contributed by atoms with van der Waals surface area (Å²) < 4.78 is 19.5.